The molecule has 1 aromatic rings. The summed E-state index contributed by atoms with van der Waals surface area (Å²) in [4.78, 5) is 28.4. The first-order chi connectivity index (χ1) is 9.86. The molecule has 8 heteroatoms. The SMILES string of the molecule is CNc1cc(C(=O)NCCN(C)C(C)C)c([N+](=O)[O-])cn1. The fourth-order valence-corrected chi connectivity index (χ4v) is 1.61. The molecule has 0 fully saturated rings. The van der Waals surface area contributed by atoms with Crippen LogP contribution >= 0.6 is 0 Å². The molecule has 21 heavy (non-hydrogen) atoms. The van der Waals surface area contributed by atoms with Crippen LogP contribution in [0.2, 0.25) is 0 Å². The topological polar surface area (TPSA) is 100 Å². The van der Waals surface area contributed by atoms with Crippen LogP contribution in [0.25, 0.3) is 0 Å². The van der Waals surface area contributed by atoms with Gasteiger partial charge in [0.2, 0.25) is 0 Å². The van der Waals surface area contributed by atoms with E-state index in [1.165, 1.54) is 6.07 Å². The number of anilines is 1. The summed E-state index contributed by atoms with van der Waals surface area (Å²) in [6.45, 7) is 5.19. The summed E-state index contributed by atoms with van der Waals surface area (Å²) in [6, 6.07) is 1.74. The van der Waals surface area contributed by atoms with Crippen molar-refractivity contribution in [3.05, 3.63) is 27.9 Å². The minimum absolute atomic E-state index is 0.00606. The standard InChI is InChI=1S/C13H21N5O3/c1-9(2)17(4)6-5-15-13(19)10-7-12(14-3)16-8-11(10)18(20)21/h7-9H,5-6H2,1-4H3,(H,14,16)(H,15,19). The Morgan fingerprint density at radius 1 is 1.52 bits per heavy atom. The Morgan fingerprint density at radius 2 is 2.19 bits per heavy atom. The molecular formula is C13H21N5O3. The third kappa shape index (κ3) is 4.67. The molecule has 0 saturated heterocycles. The number of nitro groups is 1. The maximum atomic E-state index is 12.1. The second-order valence-electron chi connectivity index (χ2n) is 4.92. The number of nitrogens with zero attached hydrogens (tertiary/aromatic N) is 3. The number of aromatic nitrogens is 1. The Balaban J connectivity index is 2.79. The van der Waals surface area contributed by atoms with Gasteiger partial charge in [-0.1, -0.05) is 0 Å². The monoisotopic (exact) mass is 295 g/mol. The predicted molar refractivity (Wildman–Crippen MR) is 80.5 cm³/mol. The van der Waals surface area contributed by atoms with Gasteiger partial charge < -0.3 is 15.5 Å². The minimum atomic E-state index is -0.610. The zero-order chi connectivity index (χ0) is 16.0. The number of carbonyl (C=O) groups is 1. The van der Waals surface area contributed by atoms with Gasteiger partial charge in [-0.25, -0.2) is 4.98 Å². The van der Waals surface area contributed by atoms with E-state index in [1.807, 2.05) is 7.05 Å². The molecule has 8 nitrogen and oxygen atoms in total. The number of hydrogen-bond acceptors (Lipinski definition) is 6. The maximum absolute atomic E-state index is 12.1. The summed E-state index contributed by atoms with van der Waals surface area (Å²) in [5, 5.41) is 16.4. The average molecular weight is 295 g/mol. The van der Waals surface area contributed by atoms with Crippen molar-refractivity contribution in [2.75, 3.05) is 32.5 Å². The van der Waals surface area contributed by atoms with E-state index in [-0.39, 0.29) is 11.3 Å². The first kappa shape index (κ1) is 16.8. The molecule has 116 valence electrons. The molecule has 0 saturated carbocycles. The van der Waals surface area contributed by atoms with Gasteiger partial charge in [0.1, 0.15) is 17.6 Å². The van der Waals surface area contributed by atoms with Crippen LogP contribution in [0.15, 0.2) is 12.3 Å². The molecule has 0 bridgehead atoms. The largest absolute Gasteiger partial charge is 0.373 e. The third-order valence-corrected chi connectivity index (χ3v) is 3.21. The van der Waals surface area contributed by atoms with Gasteiger partial charge in [0.15, 0.2) is 0 Å². The molecule has 0 spiro atoms. The molecule has 1 rings (SSSR count). The number of hydrogen-bond donors (Lipinski definition) is 2. The number of likely N-dealkylation sites (N-methyl/N-ethyl adjacent to an activating group) is 1. The highest BCUT2D eigenvalue weighted by Crippen LogP contribution is 2.19. The molecule has 0 unspecified atom stereocenters. The number of amides is 1. The fourth-order valence-electron chi connectivity index (χ4n) is 1.61. The van der Waals surface area contributed by atoms with Gasteiger partial charge in [-0.2, -0.15) is 0 Å². The lowest BCUT2D eigenvalue weighted by atomic mass is 10.2. The van der Waals surface area contributed by atoms with Crippen molar-refractivity contribution in [2.45, 2.75) is 19.9 Å². The second-order valence-corrected chi connectivity index (χ2v) is 4.92. The van der Waals surface area contributed by atoms with Crippen LogP contribution in [0.4, 0.5) is 11.5 Å². The Hall–Kier alpha value is -2.22. The lowest BCUT2D eigenvalue weighted by molar-refractivity contribution is -0.385. The van der Waals surface area contributed by atoms with E-state index in [4.69, 9.17) is 0 Å². The van der Waals surface area contributed by atoms with Crippen LogP contribution in [-0.2, 0) is 0 Å². The zero-order valence-corrected chi connectivity index (χ0v) is 12.7. The summed E-state index contributed by atoms with van der Waals surface area (Å²) in [5.74, 6) is -0.0668. The van der Waals surface area contributed by atoms with Gasteiger partial charge in [-0.15, -0.1) is 0 Å². The predicted octanol–water partition coefficient (Wildman–Crippen LogP) is 1.10. The van der Waals surface area contributed by atoms with E-state index in [1.54, 1.807) is 7.05 Å². The molecule has 2 N–H and O–H groups in total. The number of nitrogens with one attached hydrogen (secondary N) is 2. The van der Waals surface area contributed by atoms with Crippen molar-refractivity contribution in [3.63, 3.8) is 0 Å². The number of rotatable bonds is 7. The zero-order valence-electron chi connectivity index (χ0n) is 12.7. The van der Waals surface area contributed by atoms with Crippen molar-refractivity contribution in [3.8, 4) is 0 Å². The van der Waals surface area contributed by atoms with Crippen LogP contribution in [-0.4, -0.2) is 53.9 Å². The quantitative estimate of drug-likeness (QED) is 0.577. The summed E-state index contributed by atoms with van der Waals surface area (Å²) in [6.07, 6.45) is 1.08. The first-order valence-electron chi connectivity index (χ1n) is 6.67. The fraction of sp³-hybridized carbons (Fsp3) is 0.538. The molecule has 0 radical (unpaired) electrons. The van der Waals surface area contributed by atoms with Crippen LogP contribution in [0.3, 0.4) is 0 Å². The summed E-state index contributed by atoms with van der Waals surface area (Å²) in [5.41, 5.74) is -0.296. The van der Waals surface area contributed by atoms with E-state index in [0.29, 0.717) is 24.9 Å². The van der Waals surface area contributed by atoms with Crippen LogP contribution in [0.5, 0.6) is 0 Å². The molecule has 0 aromatic carbocycles. The van der Waals surface area contributed by atoms with Gasteiger partial charge in [0, 0.05) is 32.2 Å². The summed E-state index contributed by atoms with van der Waals surface area (Å²) >= 11 is 0. The van der Waals surface area contributed by atoms with Gasteiger partial charge in [0.25, 0.3) is 11.6 Å². The summed E-state index contributed by atoms with van der Waals surface area (Å²) in [7, 11) is 3.58. The highest BCUT2D eigenvalue weighted by molar-refractivity contribution is 5.98. The van der Waals surface area contributed by atoms with Gasteiger partial charge in [-0.05, 0) is 20.9 Å². The van der Waals surface area contributed by atoms with Gasteiger partial charge in [-0.3, -0.25) is 14.9 Å². The smallest absolute Gasteiger partial charge is 0.300 e. The Kier molecular flexibility index (Phi) is 6.04. The molecule has 0 aliphatic rings. The van der Waals surface area contributed by atoms with Crippen molar-refractivity contribution in [1.29, 1.82) is 0 Å². The highest BCUT2D eigenvalue weighted by atomic mass is 16.6. The van der Waals surface area contributed by atoms with Gasteiger partial charge in [0.05, 0.1) is 4.92 Å². The normalized spacial score (nSPS) is 10.8. The lowest BCUT2D eigenvalue weighted by Crippen LogP contribution is -2.36. The maximum Gasteiger partial charge on any atom is 0.300 e. The molecule has 1 heterocycles. The molecule has 0 atom stereocenters. The van der Waals surface area contributed by atoms with Crippen LogP contribution in [0.1, 0.15) is 24.2 Å². The average Bonchev–Trinajstić information content (AvgIpc) is 2.45. The van der Waals surface area contributed by atoms with Crippen molar-refractivity contribution < 1.29 is 9.72 Å². The van der Waals surface area contributed by atoms with Crippen LogP contribution in [0, 0.1) is 10.1 Å². The first-order valence-corrected chi connectivity index (χ1v) is 6.67. The molecule has 0 aliphatic heterocycles. The van der Waals surface area contributed by atoms with Gasteiger partial charge >= 0.3 is 0 Å². The highest BCUT2D eigenvalue weighted by Gasteiger charge is 2.21. The number of pyridine rings is 1. The van der Waals surface area contributed by atoms with Crippen molar-refractivity contribution in [2.24, 2.45) is 0 Å². The molecule has 1 amide bonds. The van der Waals surface area contributed by atoms with Crippen LogP contribution < -0.4 is 10.6 Å². The van der Waals surface area contributed by atoms with E-state index < -0.39 is 10.8 Å². The van der Waals surface area contributed by atoms with E-state index >= 15 is 0 Å². The molecular weight excluding hydrogens is 274 g/mol. The van der Waals surface area contributed by atoms with E-state index in [2.05, 4.69) is 34.4 Å². The van der Waals surface area contributed by atoms with Crippen molar-refractivity contribution in [1.82, 2.24) is 15.2 Å². The Morgan fingerprint density at radius 3 is 2.71 bits per heavy atom. The molecule has 1 aromatic heterocycles. The Labute approximate surface area is 123 Å². The number of carbonyl (C=O) groups excluding carboxylic acids is 1. The second kappa shape index (κ2) is 7.53. The van der Waals surface area contributed by atoms with E-state index in [9.17, 15) is 14.9 Å². The third-order valence-electron chi connectivity index (χ3n) is 3.21. The van der Waals surface area contributed by atoms with Crippen molar-refractivity contribution >= 4 is 17.4 Å². The van der Waals surface area contributed by atoms with E-state index in [0.717, 1.165) is 6.20 Å². The lowest BCUT2D eigenvalue weighted by Gasteiger charge is -2.20. The minimum Gasteiger partial charge on any atom is -0.373 e. The summed E-state index contributed by atoms with van der Waals surface area (Å²) < 4.78 is 0. The molecule has 0 aliphatic carbocycles. The Bertz CT molecular complexity index is 519.